The van der Waals surface area contributed by atoms with Crippen LogP contribution in [-0.2, 0) is 4.79 Å². The quantitative estimate of drug-likeness (QED) is 0.561. The average Bonchev–Trinajstić information content (AvgIpc) is 2.31. The van der Waals surface area contributed by atoms with Gasteiger partial charge in [0.2, 0.25) is 0 Å². The molecule has 0 spiro atoms. The Morgan fingerprint density at radius 2 is 2.00 bits per heavy atom. The van der Waals surface area contributed by atoms with Gasteiger partial charge in [-0.2, -0.15) is 0 Å². The van der Waals surface area contributed by atoms with Gasteiger partial charge in [-0.15, -0.1) is 0 Å². The summed E-state index contributed by atoms with van der Waals surface area (Å²) < 4.78 is 0. The first-order valence-corrected chi connectivity index (χ1v) is 5.22. The molecule has 15 heavy (non-hydrogen) atoms. The molecule has 78 valence electrons. The minimum absolute atomic E-state index is 0.0877. The van der Waals surface area contributed by atoms with Gasteiger partial charge >= 0.3 is 0 Å². The molecule has 0 heterocycles. The molecule has 1 saturated carbocycles. The van der Waals surface area contributed by atoms with E-state index in [0.717, 1.165) is 12.7 Å². The molecule has 1 fully saturated rings. The molecule has 0 aromatic heterocycles. The van der Waals surface area contributed by atoms with Crippen LogP contribution < -0.4 is 0 Å². The predicted molar refractivity (Wildman–Crippen MR) is 58.8 cm³/mol. The van der Waals surface area contributed by atoms with Crippen LogP contribution >= 0.6 is 0 Å². The van der Waals surface area contributed by atoms with Gasteiger partial charge in [0.25, 0.3) is 0 Å². The van der Waals surface area contributed by atoms with Gasteiger partial charge in [0.1, 0.15) is 0 Å². The number of aliphatic hydroxyl groups excluding tert-OH is 1. The zero-order valence-electron chi connectivity index (χ0n) is 8.52. The molecule has 1 aliphatic carbocycles. The molecule has 0 radical (unpaired) electrons. The molecular weight excluding hydrogens is 188 g/mol. The van der Waals surface area contributed by atoms with Crippen molar-refractivity contribution in [3.8, 4) is 0 Å². The molecule has 2 heteroatoms. The van der Waals surface area contributed by atoms with Crippen LogP contribution in [0.25, 0.3) is 0 Å². The Hall–Kier alpha value is -1.57. The number of benzene rings is 1. The van der Waals surface area contributed by atoms with E-state index in [0.29, 0.717) is 24.3 Å². The highest BCUT2D eigenvalue weighted by Crippen LogP contribution is 2.33. The molecular formula is C13H14O2. The van der Waals surface area contributed by atoms with E-state index in [-0.39, 0.29) is 5.78 Å². The van der Waals surface area contributed by atoms with Crippen molar-refractivity contribution in [2.45, 2.75) is 25.2 Å². The summed E-state index contributed by atoms with van der Waals surface area (Å²) in [5, 5.41) is 8.94. The maximum Gasteiger partial charge on any atom is 0.161 e. The summed E-state index contributed by atoms with van der Waals surface area (Å²) in [5.74, 6) is 0.465. The maximum absolute atomic E-state index is 11.4. The van der Waals surface area contributed by atoms with E-state index in [1.807, 2.05) is 18.2 Å². The molecule has 0 saturated heterocycles. The second kappa shape index (κ2) is 4.30. The van der Waals surface area contributed by atoms with Gasteiger partial charge in [-0.3, -0.25) is 4.79 Å². The molecule has 2 rings (SSSR count). The van der Waals surface area contributed by atoms with E-state index in [9.17, 15) is 4.79 Å². The Morgan fingerprint density at radius 3 is 2.67 bits per heavy atom. The van der Waals surface area contributed by atoms with Crippen LogP contribution in [-0.4, -0.2) is 10.9 Å². The fourth-order valence-electron chi connectivity index (χ4n) is 2.08. The number of hydrogen-bond acceptors (Lipinski definition) is 2. The number of hydrogen-bond donors (Lipinski definition) is 1. The summed E-state index contributed by atoms with van der Waals surface area (Å²) in [6, 6.07) is 10.2. The summed E-state index contributed by atoms with van der Waals surface area (Å²) in [6.45, 7) is 0. The van der Waals surface area contributed by atoms with Crippen LogP contribution in [0.5, 0.6) is 0 Å². The smallest absolute Gasteiger partial charge is 0.161 e. The fraction of sp³-hybridized carbons (Fsp3) is 0.308. The summed E-state index contributed by atoms with van der Waals surface area (Å²) in [4.78, 5) is 11.4. The Labute approximate surface area is 89.2 Å². The molecule has 0 bridgehead atoms. The van der Waals surface area contributed by atoms with E-state index in [1.165, 1.54) is 5.56 Å². The zero-order valence-corrected chi connectivity index (χ0v) is 8.52. The number of allylic oxidation sites excluding steroid dienone is 1. The number of aliphatic hydroxyl groups is 1. The van der Waals surface area contributed by atoms with E-state index >= 15 is 0 Å². The fourth-order valence-corrected chi connectivity index (χ4v) is 2.08. The van der Waals surface area contributed by atoms with Gasteiger partial charge in [-0.05, 0) is 24.3 Å². The summed E-state index contributed by atoms with van der Waals surface area (Å²) in [7, 11) is 0. The first-order valence-electron chi connectivity index (χ1n) is 5.22. The predicted octanol–water partition coefficient (Wildman–Crippen LogP) is 2.97. The summed E-state index contributed by atoms with van der Waals surface area (Å²) >= 11 is 0. The van der Waals surface area contributed by atoms with Crippen molar-refractivity contribution < 1.29 is 9.90 Å². The second-order valence-electron chi connectivity index (χ2n) is 3.93. The molecule has 0 unspecified atom stereocenters. The van der Waals surface area contributed by atoms with E-state index in [1.54, 1.807) is 0 Å². The Bertz CT molecular complexity index is 379. The highest BCUT2D eigenvalue weighted by Gasteiger charge is 2.24. The van der Waals surface area contributed by atoms with Gasteiger partial charge in [-0.1, -0.05) is 30.3 Å². The lowest BCUT2D eigenvalue weighted by molar-refractivity contribution is -0.116. The lowest BCUT2D eigenvalue weighted by Crippen LogP contribution is -2.15. The van der Waals surface area contributed by atoms with Crippen LogP contribution in [0.15, 0.2) is 42.2 Å². The van der Waals surface area contributed by atoms with Crippen molar-refractivity contribution >= 4 is 5.78 Å². The minimum atomic E-state index is 0.0877. The molecule has 1 aromatic rings. The van der Waals surface area contributed by atoms with Gasteiger partial charge in [0.05, 0.1) is 6.26 Å². The highest BCUT2D eigenvalue weighted by molar-refractivity contribution is 5.96. The van der Waals surface area contributed by atoms with Crippen molar-refractivity contribution in [3.63, 3.8) is 0 Å². The largest absolute Gasteiger partial charge is 0.515 e. The van der Waals surface area contributed by atoms with Gasteiger partial charge in [-0.25, -0.2) is 0 Å². The Kier molecular flexibility index (Phi) is 2.86. The van der Waals surface area contributed by atoms with Crippen LogP contribution in [0.1, 0.15) is 30.7 Å². The molecule has 1 N–H and O–H groups in total. The van der Waals surface area contributed by atoms with Crippen molar-refractivity contribution in [1.29, 1.82) is 0 Å². The molecule has 1 atom stereocenters. The zero-order chi connectivity index (χ0) is 10.7. The lowest BCUT2D eigenvalue weighted by atomic mass is 9.81. The normalized spacial score (nSPS) is 24.4. The van der Waals surface area contributed by atoms with Gasteiger partial charge < -0.3 is 5.11 Å². The van der Waals surface area contributed by atoms with Crippen molar-refractivity contribution in [1.82, 2.24) is 0 Å². The first kappa shape index (κ1) is 9.97. The van der Waals surface area contributed by atoms with Gasteiger partial charge in [0, 0.05) is 12.0 Å². The van der Waals surface area contributed by atoms with Crippen LogP contribution in [0, 0.1) is 0 Å². The van der Waals surface area contributed by atoms with Crippen LogP contribution in [0.4, 0.5) is 0 Å². The van der Waals surface area contributed by atoms with Crippen molar-refractivity contribution in [3.05, 3.63) is 47.7 Å². The SMILES string of the molecule is O=C1CC[C@H](c2ccccc2)C/C1=C/O. The third-order valence-electron chi connectivity index (χ3n) is 2.97. The van der Waals surface area contributed by atoms with Crippen LogP contribution in [0.2, 0.25) is 0 Å². The third-order valence-corrected chi connectivity index (χ3v) is 2.97. The molecule has 0 aliphatic heterocycles. The summed E-state index contributed by atoms with van der Waals surface area (Å²) in [5.41, 5.74) is 1.82. The molecule has 2 nitrogen and oxygen atoms in total. The van der Waals surface area contributed by atoms with Crippen molar-refractivity contribution in [2.75, 3.05) is 0 Å². The number of Topliss-reactive ketones (excluding diaryl/α,β-unsaturated/α-hetero) is 1. The maximum atomic E-state index is 11.4. The molecule has 1 aromatic carbocycles. The number of carbonyl (C=O) groups is 1. The second-order valence-corrected chi connectivity index (χ2v) is 3.93. The topological polar surface area (TPSA) is 37.3 Å². The third kappa shape index (κ3) is 2.09. The average molecular weight is 202 g/mol. The number of ketones is 1. The number of carbonyl (C=O) groups excluding carboxylic acids is 1. The monoisotopic (exact) mass is 202 g/mol. The van der Waals surface area contributed by atoms with E-state index in [4.69, 9.17) is 5.11 Å². The Morgan fingerprint density at radius 1 is 1.27 bits per heavy atom. The Balaban J connectivity index is 2.17. The van der Waals surface area contributed by atoms with E-state index in [2.05, 4.69) is 12.1 Å². The first-order chi connectivity index (χ1) is 7.31. The van der Waals surface area contributed by atoms with Gasteiger partial charge in [0.15, 0.2) is 5.78 Å². The summed E-state index contributed by atoms with van der Waals surface area (Å²) in [6.07, 6.45) is 3.07. The van der Waals surface area contributed by atoms with Crippen molar-refractivity contribution in [2.24, 2.45) is 0 Å². The lowest BCUT2D eigenvalue weighted by Gasteiger charge is -2.22. The minimum Gasteiger partial charge on any atom is -0.515 e. The number of rotatable bonds is 1. The molecule has 0 amide bonds. The molecule has 1 aliphatic rings. The standard InChI is InChI=1S/C13H14O2/c14-9-12-8-11(6-7-13(12)15)10-4-2-1-3-5-10/h1-5,9,11,14H,6-8H2/b12-9-/t11-/m0/s1. The highest BCUT2D eigenvalue weighted by atomic mass is 16.2. The van der Waals surface area contributed by atoms with Crippen LogP contribution in [0.3, 0.4) is 0 Å². The van der Waals surface area contributed by atoms with E-state index < -0.39 is 0 Å².